The molecule has 0 atom stereocenters. The van der Waals surface area contributed by atoms with Crippen molar-refractivity contribution >= 4 is 0 Å². The molecule has 0 unspecified atom stereocenters. The molecular weight excluding hydrogens is 124 g/mol. The molecule has 1 heteroatoms. The van der Waals surface area contributed by atoms with E-state index in [9.17, 15) is 0 Å². The van der Waals surface area contributed by atoms with Gasteiger partial charge in [-0.05, 0) is 30.5 Å². The second-order valence-corrected chi connectivity index (χ2v) is 2.26. The lowest BCUT2D eigenvalue weighted by Crippen LogP contribution is -1.88. The van der Waals surface area contributed by atoms with Crippen molar-refractivity contribution in [2.45, 2.75) is 6.61 Å². The van der Waals surface area contributed by atoms with Gasteiger partial charge in [-0.3, -0.25) is 0 Å². The van der Waals surface area contributed by atoms with Crippen molar-refractivity contribution < 1.29 is 5.11 Å². The predicted octanol–water partition coefficient (Wildman–Crippen LogP) is 1.54. The van der Waals surface area contributed by atoms with Gasteiger partial charge in [-0.2, -0.15) is 0 Å². The van der Waals surface area contributed by atoms with Gasteiger partial charge in [-0.1, -0.05) is 18.2 Å². The van der Waals surface area contributed by atoms with Crippen LogP contribution in [0.25, 0.3) is 0 Å². The Bertz CT molecular complexity index is 228. The van der Waals surface area contributed by atoms with Gasteiger partial charge < -0.3 is 5.11 Å². The number of benzene rings is 1. The Labute approximate surface area is 61.3 Å². The summed E-state index contributed by atoms with van der Waals surface area (Å²) >= 11 is 0. The third-order valence-corrected chi connectivity index (χ3v) is 1.44. The molecule has 0 bridgehead atoms. The second-order valence-electron chi connectivity index (χ2n) is 2.26. The van der Waals surface area contributed by atoms with Crippen molar-refractivity contribution in [1.29, 1.82) is 0 Å². The van der Waals surface area contributed by atoms with Crippen LogP contribution < -0.4 is 0 Å². The molecule has 0 aliphatic rings. The first kappa shape index (κ1) is 7.29. The van der Waals surface area contributed by atoms with Gasteiger partial charge in [-0.15, -0.1) is 0 Å². The maximum absolute atomic E-state index is 8.78. The van der Waals surface area contributed by atoms with Gasteiger partial charge in [0, 0.05) is 0 Å². The largest absolute Gasteiger partial charge is 0.392 e. The lowest BCUT2D eigenvalue weighted by Gasteiger charge is -2.01. The van der Waals surface area contributed by atoms with Gasteiger partial charge in [0.05, 0.1) is 6.61 Å². The molecule has 0 amide bonds. The molecule has 0 aliphatic carbocycles. The Hall–Kier alpha value is -0.820. The SMILES string of the molecule is [CH2]c1ccc([CH2])c(CO)c1. The number of aliphatic hydroxyl groups is 1. The van der Waals surface area contributed by atoms with E-state index in [-0.39, 0.29) is 6.61 Å². The molecule has 52 valence electrons. The minimum atomic E-state index is 0.0438. The smallest absolute Gasteiger partial charge is 0.0684 e. The summed E-state index contributed by atoms with van der Waals surface area (Å²) in [5, 5.41) is 8.78. The zero-order valence-electron chi connectivity index (χ0n) is 5.80. The molecule has 1 N–H and O–H groups in total. The Balaban J connectivity index is 3.09. The van der Waals surface area contributed by atoms with Crippen LogP contribution in [0.2, 0.25) is 0 Å². The fourth-order valence-electron chi connectivity index (χ4n) is 0.826. The van der Waals surface area contributed by atoms with Crippen LogP contribution in [0.1, 0.15) is 16.7 Å². The minimum Gasteiger partial charge on any atom is -0.392 e. The molecule has 1 aromatic rings. The van der Waals surface area contributed by atoms with Crippen molar-refractivity contribution in [3.63, 3.8) is 0 Å². The summed E-state index contributed by atoms with van der Waals surface area (Å²) < 4.78 is 0. The topological polar surface area (TPSA) is 20.2 Å². The van der Waals surface area contributed by atoms with Crippen molar-refractivity contribution in [3.05, 3.63) is 48.7 Å². The fourth-order valence-corrected chi connectivity index (χ4v) is 0.826. The van der Waals surface area contributed by atoms with Crippen LogP contribution in [0.4, 0.5) is 0 Å². The molecule has 0 aromatic heterocycles. The monoisotopic (exact) mass is 134 g/mol. The van der Waals surface area contributed by atoms with Crippen LogP contribution in [-0.2, 0) is 6.61 Å². The Kier molecular flexibility index (Phi) is 2.07. The van der Waals surface area contributed by atoms with Crippen LogP contribution in [0.3, 0.4) is 0 Å². The highest BCUT2D eigenvalue weighted by Gasteiger charge is 1.94. The summed E-state index contributed by atoms with van der Waals surface area (Å²) in [6, 6.07) is 5.57. The van der Waals surface area contributed by atoms with E-state index in [1.165, 1.54) is 0 Å². The zero-order valence-corrected chi connectivity index (χ0v) is 5.80. The van der Waals surface area contributed by atoms with Crippen LogP contribution >= 0.6 is 0 Å². The molecule has 2 radical (unpaired) electrons. The first-order valence-electron chi connectivity index (χ1n) is 3.11. The van der Waals surface area contributed by atoms with E-state index in [2.05, 4.69) is 13.8 Å². The van der Waals surface area contributed by atoms with Gasteiger partial charge in [0.25, 0.3) is 0 Å². The van der Waals surface area contributed by atoms with E-state index in [1.807, 2.05) is 18.2 Å². The van der Waals surface area contributed by atoms with Gasteiger partial charge in [0.15, 0.2) is 0 Å². The van der Waals surface area contributed by atoms with Crippen molar-refractivity contribution in [3.8, 4) is 0 Å². The van der Waals surface area contributed by atoms with Crippen molar-refractivity contribution in [2.24, 2.45) is 0 Å². The summed E-state index contributed by atoms with van der Waals surface area (Å²) in [6.07, 6.45) is 0. The number of rotatable bonds is 1. The molecular formula is C9H10O. The fraction of sp³-hybridized carbons (Fsp3) is 0.111. The van der Waals surface area contributed by atoms with Crippen LogP contribution in [0.15, 0.2) is 18.2 Å². The molecule has 1 rings (SSSR count). The van der Waals surface area contributed by atoms with E-state index in [1.54, 1.807) is 0 Å². The van der Waals surface area contributed by atoms with Gasteiger partial charge in [0.2, 0.25) is 0 Å². The third-order valence-electron chi connectivity index (χ3n) is 1.44. The Morgan fingerprint density at radius 3 is 2.50 bits per heavy atom. The number of hydrogen-bond donors (Lipinski definition) is 1. The van der Waals surface area contributed by atoms with Gasteiger partial charge >= 0.3 is 0 Å². The average Bonchev–Trinajstić information content (AvgIpc) is 1.94. The standard InChI is InChI=1S/C9H10O/c1-7-3-4-8(2)9(5-7)6-10/h3-5,10H,1-2,6H2. The van der Waals surface area contributed by atoms with Crippen molar-refractivity contribution in [1.82, 2.24) is 0 Å². The first-order valence-corrected chi connectivity index (χ1v) is 3.11. The van der Waals surface area contributed by atoms with E-state index < -0.39 is 0 Å². The predicted molar refractivity (Wildman–Crippen MR) is 41.3 cm³/mol. The molecule has 0 spiro atoms. The summed E-state index contributed by atoms with van der Waals surface area (Å²) in [7, 11) is 0. The first-order chi connectivity index (χ1) is 4.74. The summed E-state index contributed by atoms with van der Waals surface area (Å²) in [6.45, 7) is 7.52. The Morgan fingerprint density at radius 1 is 1.30 bits per heavy atom. The lowest BCUT2D eigenvalue weighted by atomic mass is 10.1. The summed E-state index contributed by atoms with van der Waals surface area (Å²) in [5.41, 5.74) is 2.64. The van der Waals surface area contributed by atoms with Gasteiger partial charge in [0.1, 0.15) is 0 Å². The molecule has 0 aliphatic heterocycles. The molecule has 10 heavy (non-hydrogen) atoms. The highest BCUT2D eigenvalue weighted by molar-refractivity contribution is 5.34. The molecule has 0 saturated heterocycles. The molecule has 0 heterocycles. The molecule has 1 aromatic carbocycles. The van der Waals surface area contributed by atoms with E-state index in [0.717, 1.165) is 16.7 Å². The second kappa shape index (κ2) is 2.84. The quantitative estimate of drug-likeness (QED) is 0.617. The Morgan fingerprint density at radius 2 is 2.00 bits per heavy atom. The maximum Gasteiger partial charge on any atom is 0.0684 e. The highest BCUT2D eigenvalue weighted by Crippen LogP contribution is 2.09. The van der Waals surface area contributed by atoms with Crippen LogP contribution in [0, 0.1) is 13.8 Å². The molecule has 0 fully saturated rings. The minimum absolute atomic E-state index is 0.0438. The maximum atomic E-state index is 8.78. The highest BCUT2D eigenvalue weighted by atomic mass is 16.3. The van der Waals surface area contributed by atoms with Crippen LogP contribution in [-0.4, -0.2) is 5.11 Å². The number of aliphatic hydroxyl groups excluding tert-OH is 1. The van der Waals surface area contributed by atoms with Crippen molar-refractivity contribution in [2.75, 3.05) is 0 Å². The average molecular weight is 134 g/mol. The summed E-state index contributed by atoms with van der Waals surface area (Å²) in [4.78, 5) is 0. The van der Waals surface area contributed by atoms with Gasteiger partial charge in [-0.25, -0.2) is 0 Å². The summed E-state index contributed by atoms with van der Waals surface area (Å²) in [5.74, 6) is 0. The van der Waals surface area contributed by atoms with E-state index in [0.29, 0.717) is 0 Å². The third kappa shape index (κ3) is 1.36. The van der Waals surface area contributed by atoms with E-state index in [4.69, 9.17) is 5.11 Å². The number of hydrogen-bond acceptors (Lipinski definition) is 1. The normalized spacial score (nSPS) is 9.90. The molecule has 0 saturated carbocycles. The molecule has 1 nitrogen and oxygen atoms in total. The van der Waals surface area contributed by atoms with E-state index >= 15 is 0 Å². The zero-order chi connectivity index (χ0) is 7.56. The lowest BCUT2D eigenvalue weighted by molar-refractivity contribution is 0.281. The van der Waals surface area contributed by atoms with Crippen LogP contribution in [0.5, 0.6) is 0 Å².